The summed E-state index contributed by atoms with van der Waals surface area (Å²) in [4.78, 5) is 51.0. The number of carboxylic acids is 1. The van der Waals surface area contributed by atoms with Gasteiger partial charge in [0.2, 0.25) is 0 Å². The Bertz CT molecular complexity index is 1290. The van der Waals surface area contributed by atoms with Crippen LogP contribution in [0, 0.1) is 0 Å². The van der Waals surface area contributed by atoms with Crippen molar-refractivity contribution in [3.63, 3.8) is 0 Å². The Hall–Kier alpha value is -2.54. The Kier molecular flexibility index (Phi) is 45.3. The maximum atomic E-state index is 13.1. The first-order valence-corrected chi connectivity index (χ1v) is 29.7. The van der Waals surface area contributed by atoms with Crippen molar-refractivity contribution in [2.45, 2.75) is 327 Å². The molecule has 0 amide bonds. The van der Waals surface area contributed by atoms with E-state index in [9.17, 15) is 34.5 Å². The molecule has 1 aliphatic rings. The third-order valence-electron chi connectivity index (χ3n) is 13.8. The number of unbranched alkanes of at least 4 members (excludes halogenated alkanes) is 35. The first kappa shape index (κ1) is 66.5. The quantitative estimate of drug-likeness (QED) is 0.0228. The van der Waals surface area contributed by atoms with Gasteiger partial charge in [0.05, 0.1) is 6.61 Å². The Labute approximate surface area is 433 Å². The summed E-state index contributed by atoms with van der Waals surface area (Å²) in [5, 5.41) is 31.4. The average Bonchev–Trinajstić information content (AvgIpc) is 3.35. The van der Waals surface area contributed by atoms with Crippen molar-refractivity contribution in [3.05, 3.63) is 12.2 Å². The zero-order valence-corrected chi connectivity index (χ0v) is 45.7. The van der Waals surface area contributed by atoms with Crippen LogP contribution in [0.15, 0.2) is 12.2 Å². The first-order valence-electron chi connectivity index (χ1n) is 29.7. The number of aliphatic hydroxyl groups is 2. The van der Waals surface area contributed by atoms with Crippen LogP contribution in [0.25, 0.3) is 0 Å². The molecule has 1 fully saturated rings. The average molecular weight is 1010 g/mol. The summed E-state index contributed by atoms with van der Waals surface area (Å²) in [5.74, 6) is -3.09. The molecule has 1 heterocycles. The Morgan fingerprint density at radius 1 is 0.451 bits per heavy atom. The van der Waals surface area contributed by atoms with Gasteiger partial charge in [0.15, 0.2) is 24.6 Å². The molecule has 6 atom stereocenters. The monoisotopic (exact) mass is 1010 g/mol. The Balaban J connectivity index is 2.68. The topological polar surface area (TPSA) is 175 Å². The third kappa shape index (κ3) is 38.7. The summed E-state index contributed by atoms with van der Waals surface area (Å²) >= 11 is 0. The van der Waals surface area contributed by atoms with Gasteiger partial charge in [-0.15, -0.1) is 0 Å². The standard InChI is InChI=1S/C59H108O12/c1-4-7-10-13-16-19-22-25-26-29-30-33-36-39-42-45-51(60)67-48-50(69-52(61)46-43-40-37-34-31-27-23-20-17-14-11-8-5-2)49-68-59-57(55(64)54(63)56(71-59)58(65)66)70-53(62)47-44-41-38-35-32-28-24-21-18-15-12-9-6-3/h25-26,50,54-57,59,63-64H,4-24,27-49H2,1-3H3,(H,65,66)/b26-25-. The lowest BCUT2D eigenvalue weighted by Gasteiger charge is -2.40. The molecule has 0 aromatic heterocycles. The van der Waals surface area contributed by atoms with Crippen LogP contribution in [0.5, 0.6) is 0 Å². The van der Waals surface area contributed by atoms with Gasteiger partial charge >= 0.3 is 23.9 Å². The molecule has 0 aromatic carbocycles. The van der Waals surface area contributed by atoms with Crippen molar-refractivity contribution in [2.24, 2.45) is 0 Å². The fourth-order valence-corrected chi connectivity index (χ4v) is 9.25. The van der Waals surface area contributed by atoms with E-state index in [0.29, 0.717) is 19.3 Å². The highest BCUT2D eigenvalue weighted by Crippen LogP contribution is 2.27. The van der Waals surface area contributed by atoms with E-state index in [1.807, 2.05) is 0 Å². The van der Waals surface area contributed by atoms with Crippen molar-refractivity contribution >= 4 is 23.9 Å². The number of allylic oxidation sites excluding steroid dienone is 2. The molecule has 0 bridgehead atoms. The third-order valence-corrected chi connectivity index (χ3v) is 13.8. The van der Waals surface area contributed by atoms with Gasteiger partial charge in [0.1, 0.15) is 18.8 Å². The van der Waals surface area contributed by atoms with E-state index in [1.165, 1.54) is 154 Å². The first-order chi connectivity index (χ1) is 34.6. The van der Waals surface area contributed by atoms with Crippen molar-refractivity contribution in [1.29, 1.82) is 0 Å². The molecule has 1 rings (SSSR count). The number of rotatable bonds is 51. The van der Waals surface area contributed by atoms with E-state index in [0.717, 1.165) is 77.0 Å². The van der Waals surface area contributed by atoms with Crippen LogP contribution in [-0.2, 0) is 42.9 Å². The van der Waals surface area contributed by atoms with Gasteiger partial charge < -0.3 is 39.0 Å². The van der Waals surface area contributed by atoms with Crippen LogP contribution in [0.1, 0.15) is 290 Å². The molecule has 6 unspecified atom stereocenters. The van der Waals surface area contributed by atoms with Crippen LogP contribution in [0.2, 0.25) is 0 Å². The fourth-order valence-electron chi connectivity index (χ4n) is 9.25. The van der Waals surface area contributed by atoms with Crippen LogP contribution in [0.4, 0.5) is 0 Å². The van der Waals surface area contributed by atoms with Crippen molar-refractivity contribution in [2.75, 3.05) is 13.2 Å². The van der Waals surface area contributed by atoms with Gasteiger partial charge in [-0.2, -0.15) is 0 Å². The van der Waals surface area contributed by atoms with E-state index in [-0.39, 0.29) is 25.9 Å². The predicted octanol–water partition coefficient (Wildman–Crippen LogP) is 14.9. The van der Waals surface area contributed by atoms with Crippen LogP contribution < -0.4 is 0 Å². The highest BCUT2D eigenvalue weighted by atomic mass is 16.7. The largest absolute Gasteiger partial charge is 0.479 e. The van der Waals surface area contributed by atoms with Gasteiger partial charge in [0, 0.05) is 19.3 Å². The predicted molar refractivity (Wildman–Crippen MR) is 285 cm³/mol. The molecule has 71 heavy (non-hydrogen) atoms. The lowest BCUT2D eigenvalue weighted by molar-refractivity contribution is -0.301. The van der Waals surface area contributed by atoms with E-state index < -0.39 is 67.3 Å². The summed E-state index contributed by atoms with van der Waals surface area (Å²) in [6.07, 6.45) is 40.4. The molecule has 3 N–H and O–H groups in total. The zero-order chi connectivity index (χ0) is 51.8. The Morgan fingerprint density at radius 3 is 1.20 bits per heavy atom. The van der Waals surface area contributed by atoms with Crippen LogP contribution in [0.3, 0.4) is 0 Å². The van der Waals surface area contributed by atoms with Gasteiger partial charge in [-0.25, -0.2) is 4.79 Å². The highest BCUT2D eigenvalue weighted by Gasteiger charge is 2.50. The molecule has 1 aliphatic heterocycles. The Morgan fingerprint density at radius 2 is 0.803 bits per heavy atom. The van der Waals surface area contributed by atoms with E-state index >= 15 is 0 Å². The SMILES string of the molecule is CCCCCCCC/C=C\CCCCCCCC(=O)OCC(COC1OC(C(=O)O)C(O)C(O)C1OC(=O)CCCCCCCCCCCCCCC)OC(=O)CCCCCCCCCCCCCCC. The smallest absolute Gasteiger partial charge is 0.335 e. The fraction of sp³-hybridized carbons (Fsp3) is 0.898. The molecule has 416 valence electrons. The minimum Gasteiger partial charge on any atom is -0.479 e. The number of aliphatic hydroxyl groups excluding tert-OH is 2. The van der Waals surface area contributed by atoms with Gasteiger partial charge in [-0.1, -0.05) is 238 Å². The summed E-state index contributed by atoms with van der Waals surface area (Å²) in [7, 11) is 0. The number of carbonyl (C=O) groups is 4. The van der Waals surface area contributed by atoms with Crippen molar-refractivity contribution < 1.29 is 58.2 Å². The summed E-state index contributed by atoms with van der Waals surface area (Å²) < 4.78 is 28.4. The zero-order valence-electron chi connectivity index (χ0n) is 45.7. The summed E-state index contributed by atoms with van der Waals surface area (Å²) in [6, 6.07) is 0. The molecular formula is C59H108O12. The van der Waals surface area contributed by atoms with Crippen molar-refractivity contribution in [1.82, 2.24) is 0 Å². The molecular weight excluding hydrogens is 901 g/mol. The van der Waals surface area contributed by atoms with Gasteiger partial charge in [-0.05, 0) is 44.9 Å². The van der Waals surface area contributed by atoms with Gasteiger partial charge in [-0.3, -0.25) is 14.4 Å². The van der Waals surface area contributed by atoms with E-state index in [2.05, 4.69) is 32.9 Å². The number of hydrogen-bond donors (Lipinski definition) is 3. The number of carbonyl (C=O) groups excluding carboxylic acids is 3. The second-order valence-corrected chi connectivity index (χ2v) is 20.6. The molecule has 0 spiro atoms. The molecule has 0 aromatic rings. The summed E-state index contributed by atoms with van der Waals surface area (Å²) in [5.41, 5.74) is 0. The normalized spacial score (nSPS) is 18.5. The second-order valence-electron chi connectivity index (χ2n) is 20.6. The number of ether oxygens (including phenoxy) is 5. The van der Waals surface area contributed by atoms with Crippen molar-refractivity contribution in [3.8, 4) is 0 Å². The number of carboxylic acid groups (broad SMARTS) is 1. The highest BCUT2D eigenvalue weighted by molar-refractivity contribution is 5.74. The van der Waals surface area contributed by atoms with Gasteiger partial charge in [0.25, 0.3) is 0 Å². The maximum Gasteiger partial charge on any atom is 0.335 e. The molecule has 0 saturated carbocycles. The van der Waals surface area contributed by atoms with Crippen LogP contribution >= 0.6 is 0 Å². The van der Waals surface area contributed by atoms with E-state index in [1.54, 1.807) is 0 Å². The minimum absolute atomic E-state index is 0.0677. The van der Waals surface area contributed by atoms with Crippen LogP contribution in [-0.4, -0.2) is 89.2 Å². The molecule has 12 heteroatoms. The lowest BCUT2D eigenvalue weighted by Crippen LogP contribution is -2.61. The maximum absolute atomic E-state index is 13.1. The van der Waals surface area contributed by atoms with E-state index in [4.69, 9.17) is 23.7 Å². The molecule has 1 saturated heterocycles. The molecule has 12 nitrogen and oxygen atoms in total. The summed E-state index contributed by atoms with van der Waals surface area (Å²) in [6.45, 7) is 6.00. The molecule has 0 radical (unpaired) electrons. The number of esters is 3. The minimum atomic E-state index is -1.90. The number of hydrogen-bond acceptors (Lipinski definition) is 11. The molecule has 0 aliphatic carbocycles. The lowest BCUT2D eigenvalue weighted by atomic mass is 9.98. The number of aliphatic carboxylic acids is 1. The second kappa shape index (κ2) is 48.4.